The van der Waals surface area contributed by atoms with Crippen LogP contribution in [0.4, 0.5) is 0 Å². The van der Waals surface area contributed by atoms with Gasteiger partial charge in [0, 0.05) is 6.04 Å². The third-order valence-corrected chi connectivity index (χ3v) is 5.42. The molecule has 1 aromatic rings. The lowest BCUT2D eigenvalue weighted by Crippen LogP contribution is -2.39. The van der Waals surface area contributed by atoms with Gasteiger partial charge >= 0.3 is 0 Å². The number of hydrogen-bond acceptors (Lipinski definition) is 4. The lowest BCUT2D eigenvalue weighted by atomic mass is 9.79. The van der Waals surface area contributed by atoms with Crippen LogP contribution in [0.2, 0.25) is 0 Å². The fourth-order valence-corrected chi connectivity index (χ4v) is 3.85. The molecule has 2 heterocycles. The SMILES string of the molecule is CC(C)C1CCCC(NC(=O)c2cn(C3CCNCC3)nn2)C1.Cl. The molecule has 1 aliphatic carbocycles. The Morgan fingerprint density at radius 3 is 2.75 bits per heavy atom. The van der Waals surface area contributed by atoms with Crippen molar-refractivity contribution < 1.29 is 4.79 Å². The van der Waals surface area contributed by atoms with E-state index in [9.17, 15) is 4.79 Å². The molecular weight excluding hydrogens is 326 g/mol. The van der Waals surface area contributed by atoms with E-state index in [-0.39, 0.29) is 24.4 Å². The summed E-state index contributed by atoms with van der Waals surface area (Å²) in [5.41, 5.74) is 0.454. The molecule has 24 heavy (non-hydrogen) atoms. The highest BCUT2D eigenvalue weighted by atomic mass is 35.5. The Bertz CT molecular complexity index is 527. The van der Waals surface area contributed by atoms with Gasteiger partial charge in [0.15, 0.2) is 5.69 Å². The molecule has 6 nitrogen and oxygen atoms in total. The van der Waals surface area contributed by atoms with E-state index in [4.69, 9.17) is 0 Å². The van der Waals surface area contributed by atoms with E-state index in [1.807, 2.05) is 10.9 Å². The summed E-state index contributed by atoms with van der Waals surface area (Å²) in [5.74, 6) is 1.34. The van der Waals surface area contributed by atoms with Gasteiger partial charge in [0.05, 0.1) is 12.2 Å². The fourth-order valence-electron chi connectivity index (χ4n) is 3.85. The number of hydrogen-bond donors (Lipinski definition) is 2. The van der Waals surface area contributed by atoms with Crippen molar-refractivity contribution in [3.05, 3.63) is 11.9 Å². The molecule has 1 saturated heterocycles. The van der Waals surface area contributed by atoms with Crippen molar-refractivity contribution in [3.63, 3.8) is 0 Å². The molecule has 1 aromatic heterocycles. The monoisotopic (exact) mass is 355 g/mol. The Hall–Kier alpha value is -1.14. The summed E-state index contributed by atoms with van der Waals surface area (Å²) in [6, 6.07) is 0.651. The van der Waals surface area contributed by atoms with E-state index in [2.05, 4.69) is 34.8 Å². The van der Waals surface area contributed by atoms with Gasteiger partial charge in [0.1, 0.15) is 0 Å². The van der Waals surface area contributed by atoms with Gasteiger partial charge in [-0.2, -0.15) is 0 Å². The minimum atomic E-state index is -0.0698. The molecule has 1 saturated carbocycles. The molecular formula is C17H30ClN5O. The zero-order chi connectivity index (χ0) is 16.2. The van der Waals surface area contributed by atoms with Crippen LogP contribution in [-0.4, -0.2) is 40.0 Å². The number of halogens is 1. The van der Waals surface area contributed by atoms with Crippen molar-refractivity contribution >= 4 is 18.3 Å². The number of rotatable bonds is 4. The van der Waals surface area contributed by atoms with E-state index in [1.165, 1.54) is 12.8 Å². The fraction of sp³-hybridized carbons (Fsp3) is 0.824. The van der Waals surface area contributed by atoms with Crippen molar-refractivity contribution in [1.29, 1.82) is 0 Å². The zero-order valence-corrected chi connectivity index (χ0v) is 15.5. The Morgan fingerprint density at radius 2 is 2.04 bits per heavy atom. The number of amides is 1. The molecule has 1 aliphatic heterocycles. The maximum absolute atomic E-state index is 12.4. The van der Waals surface area contributed by atoms with Crippen LogP contribution in [0, 0.1) is 11.8 Å². The maximum atomic E-state index is 12.4. The van der Waals surface area contributed by atoms with Crippen molar-refractivity contribution in [3.8, 4) is 0 Å². The van der Waals surface area contributed by atoms with Crippen molar-refractivity contribution in [2.24, 2.45) is 11.8 Å². The number of nitrogens with zero attached hydrogens (tertiary/aromatic N) is 3. The zero-order valence-electron chi connectivity index (χ0n) is 14.7. The van der Waals surface area contributed by atoms with E-state index < -0.39 is 0 Å². The molecule has 0 aromatic carbocycles. The van der Waals surface area contributed by atoms with Gasteiger partial charge in [-0.05, 0) is 50.6 Å². The maximum Gasteiger partial charge on any atom is 0.273 e. The Kier molecular flexibility index (Phi) is 7.04. The molecule has 2 unspecified atom stereocenters. The summed E-state index contributed by atoms with van der Waals surface area (Å²) in [4.78, 5) is 12.4. The van der Waals surface area contributed by atoms with Crippen LogP contribution < -0.4 is 10.6 Å². The van der Waals surface area contributed by atoms with Crippen LogP contribution in [0.5, 0.6) is 0 Å². The average Bonchev–Trinajstić information content (AvgIpc) is 3.06. The third-order valence-electron chi connectivity index (χ3n) is 5.42. The molecule has 0 spiro atoms. The Morgan fingerprint density at radius 1 is 1.29 bits per heavy atom. The highest BCUT2D eigenvalue weighted by Gasteiger charge is 2.26. The van der Waals surface area contributed by atoms with Gasteiger partial charge in [-0.3, -0.25) is 4.79 Å². The summed E-state index contributed by atoms with van der Waals surface area (Å²) in [5, 5.41) is 14.8. The predicted octanol–water partition coefficient (Wildman–Crippen LogP) is 2.57. The molecule has 3 rings (SSSR count). The second-order valence-corrected chi connectivity index (χ2v) is 7.41. The minimum Gasteiger partial charge on any atom is -0.348 e. The first kappa shape index (κ1) is 19.2. The molecule has 2 fully saturated rings. The third kappa shape index (κ3) is 4.70. The molecule has 0 bridgehead atoms. The quantitative estimate of drug-likeness (QED) is 0.870. The molecule has 2 N–H and O–H groups in total. The van der Waals surface area contributed by atoms with Crippen LogP contribution in [0.25, 0.3) is 0 Å². The van der Waals surface area contributed by atoms with Crippen LogP contribution in [0.3, 0.4) is 0 Å². The Labute approximate surface area is 150 Å². The lowest BCUT2D eigenvalue weighted by Gasteiger charge is -2.31. The number of carbonyl (C=O) groups is 1. The molecule has 2 atom stereocenters. The number of nitrogens with one attached hydrogen (secondary N) is 2. The summed E-state index contributed by atoms with van der Waals surface area (Å²) in [7, 11) is 0. The van der Waals surface area contributed by atoms with Crippen molar-refractivity contribution in [1.82, 2.24) is 25.6 Å². The number of aromatic nitrogens is 3. The van der Waals surface area contributed by atoms with Gasteiger partial charge in [-0.15, -0.1) is 17.5 Å². The molecule has 2 aliphatic rings. The number of piperidine rings is 1. The van der Waals surface area contributed by atoms with E-state index in [0.717, 1.165) is 44.7 Å². The summed E-state index contributed by atoms with van der Waals surface area (Å²) >= 11 is 0. The summed E-state index contributed by atoms with van der Waals surface area (Å²) < 4.78 is 1.87. The highest BCUT2D eigenvalue weighted by molar-refractivity contribution is 5.92. The average molecular weight is 356 g/mol. The van der Waals surface area contributed by atoms with Gasteiger partial charge in [0.25, 0.3) is 5.91 Å². The van der Waals surface area contributed by atoms with Crippen LogP contribution in [0.1, 0.15) is 68.9 Å². The number of carbonyl (C=O) groups excluding carboxylic acids is 1. The first-order chi connectivity index (χ1) is 11.1. The standard InChI is InChI=1S/C17H29N5O.ClH/c1-12(2)13-4-3-5-14(10-13)19-17(23)16-11-22(21-20-16)15-6-8-18-9-7-15;/h11-15,18H,3-10H2,1-2H3,(H,19,23);1H. The van der Waals surface area contributed by atoms with Crippen LogP contribution >= 0.6 is 12.4 Å². The Balaban J connectivity index is 0.00000208. The van der Waals surface area contributed by atoms with E-state index >= 15 is 0 Å². The summed E-state index contributed by atoms with van der Waals surface area (Å²) in [6.45, 7) is 6.56. The second-order valence-electron chi connectivity index (χ2n) is 7.41. The van der Waals surface area contributed by atoms with Crippen LogP contribution in [-0.2, 0) is 0 Å². The van der Waals surface area contributed by atoms with Crippen LogP contribution in [0.15, 0.2) is 6.20 Å². The first-order valence-corrected chi connectivity index (χ1v) is 9.07. The first-order valence-electron chi connectivity index (χ1n) is 9.07. The highest BCUT2D eigenvalue weighted by Crippen LogP contribution is 2.30. The molecule has 1 amide bonds. The van der Waals surface area contributed by atoms with Gasteiger partial charge in [-0.1, -0.05) is 31.9 Å². The smallest absolute Gasteiger partial charge is 0.273 e. The minimum absolute atomic E-state index is 0. The van der Waals surface area contributed by atoms with E-state index in [1.54, 1.807) is 0 Å². The topological polar surface area (TPSA) is 71.8 Å². The summed E-state index contributed by atoms with van der Waals surface area (Å²) in [6.07, 6.45) is 8.56. The predicted molar refractivity (Wildman–Crippen MR) is 96.5 cm³/mol. The lowest BCUT2D eigenvalue weighted by molar-refractivity contribution is 0.0908. The van der Waals surface area contributed by atoms with Crippen molar-refractivity contribution in [2.75, 3.05) is 13.1 Å². The molecule has 136 valence electrons. The van der Waals surface area contributed by atoms with Gasteiger partial charge < -0.3 is 10.6 Å². The largest absolute Gasteiger partial charge is 0.348 e. The van der Waals surface area contributed by atoms with E-state index in [0.29, 0.717) is 17.7 Å². The van der Waals surface area contributed by atoms with Crippen molar-refractivity contribution in [2.45, 2.75) is 64.5 Å². The molecule has 7 heteroatoms. The second kappa shape index (κ2) is 8.81. The van der Waals surface area contributed by atoms with Gasteiger partial charge in [-0.25, -0.2) is 4.68 Å². The van der Waals surface area contributed by atoms with Gasteiger partial charge in [0.2, 0.25) is 0 Å². The normalized spacial score (nSPS) is 25.3. The molecule has 0 radical (unpaired) electrons.